The Kier molecular flexibility index (Phi) is 3.15. The van der Waals surface area contributed by atoms with Crippen molar-refractivity contribution < 1.29 is 0 Å². The molecule has 1 aromatic heterocycles. The number of H-pyrrole nitrogens is 1. The van der Waals surface area contributed by atoms with Gasteiger partial charge in [0, 0.05) is 11.8 Å². The molecule has 6 heteroatoms. The molecule has 13 heavy (non-hydrogen) atoms. The minimum Gasteiger partial charge on any atom is -0.306 e. The maximum Gasteiger partial charge on any atom is 0.188 e. The number of aromatic nitrogens is 4. The topological polar surface area (TPSA) is 66.5 Å². The van der Waals surface area contributed by atoms with Gasteiger partial charge in [-0.2, -0.15) is 17.0 Å². The van der Waals surface area contributed by atoms with Crippen LogP contribution in [-0.2, 0) is 6.54 Å². The van der Waals surface area contributed by atoms with E-state index in [2.05, 4.69) is 25.9 Å². The molecule has 1 aliphatic rings. The van der Waals surface area contributed by atoms with Crippen molar-refractivity contribution in [2.75, 3.05) is 11.5 Å². The summed E-state index contributed by atoms with van der Waals surface area (Å²) in [6, 6.07) is 0.622. The first kappa shape index (κ1) is 8.96. The first-order valence-electron chi connectivity index (χ1n) is 4.48. The highest BCUT2D eigenvalue weighted by atomic mass is 32.2. The largest absolute Gasteiger partial charge is 0.306 e. The number of rotatable bonds is 3. The maximum absolute atomic E-state index is 3.88. The lowest BCUT2D eigenvalue weighted by Gasteiger charge is -2.21. The molecular formula is C7H13N5S. The van der Waals surface area contributed by atoms with E-state index in [0.29, 0.717) is 6.04 Å². The molecule has 2 rings (SSSR count). The molecule has 0 amide bonds. The van der Waals surface area contributed by atoms with Crippen LogP contribution in [0.3, 0.4) is 0 Å². The highest BCUT2D eigenvalue weighted by Gasteiger charge is 2.13. The number of hydrogen-bond donors (Lipinski definition) is 2. The molecule has 0 radical (unpaired) electrons. The van der Waals surface area contributed by atoms with E-state index in [9.17, 15) is 0 Å². The molecule has 1 fully saturated rings. The predicted molar refractivity (Wildman–Crippen MR) is 51.4 cm³/mol. The van der Waals surface area contributed by atoms with Crippen molar-refractivity contribution in [1.29, 1.82) is 0 Å². The number of tetrazole rings is 1. The Morgan fingerprint density at radius 2 is 2.62 bits per heavy atom. The van der Waals surface area contributed by atoms with Crippen molar-refractivity contribution in [3.05, 3.63) is 5.82 Å². The number of nitrogens with zero attached hydrogens (tertiary/aromatic N) is 3. The molecule has 0 bridgehead atoms. The summed E-state index contributed by atoms with van der Waals surface area (Å²) in [7, 11) is 0. The molecular weight excluding hydrogens is 186 g/mol. The second-order valence-corrected chi connectivity index (χ2v) is 4.27. The van der Waals surface area contributed by atoms with Gasteiger partial charge < -0.3 is 5.32 Å². The minimum atomic E-state index is 0.622. The molecule has 0 aromatic carbocycles. The monoisotopic (exact) mass is 199 g/mol. The van der Waals surface area contributed by atoms with Crippen LogP contribution in [0.15, 0.2) is 0 Å². The molecule has 1 unspecified atom stereocenters. The molecule has 0 saturated carbocycles. The van der Waals surface area contributed by atoms with Gasteiger partial charge >= 0.3 is 0 Å². The van der Waals surface area contributed by atoms with E-state index in [-0.39, 0.29) is 0 Å². The van der Waals surface area contributed by atoms with Crippen LogP contribution < -0.4 is 5.32 Å². The molecule has 72 valence electrons. The molecule has 5 nitrogen and oxygen atoms in total. The Morgan fingerprint density at radius 1 is 1.62 bits per heavy atom. The molecule has 2 heterocycles. The lowest BCUT2D eigenvalue weighted by atomic mass is 10.2. The first-order chi connectivity index (χ1) is 6.45. The van der Waals surface area contributed by atoms with E-state index in [0.717, 1.165) is 12.4 Å². The summed E-state index contributed by atoms with van der Waals surface area (Å²) in [6.07, 6.45) is 2.58. The smallest absolute Gasteiger partial charge is 0.188 e. The molecule has 0 spiro atoms. The average molecular weight is 199 g/mol. The van der Waals surface area contributed by atoms with Gasteiger partial charge in [-0.1, -0.05) is 5.21 Å². The Morgan fingerprint density at radius 3 is 3.31 bits per heavy atom. The van der Waals surface area contributed by atoms with E-state index in [1.165, 1.54) is 24.3 Å². The fourth-order valence-corrected chi connectivity index (χ4v) is 2.50. The quantitative estimate of drug-likeness (QED) is 0.727. The van der Waals surface area contributed by atoms with E-state index in [1.807, 2.05) is 11.8 Å². The molecule has 1 atom stereocenters. The van der Waals surface area contributed by atoms with E-state index >= 15 is 0 Å². The average Bonchev–Trinajstić information content (AvgIpc) is 2.69. The lowest BCUT2D eigenvalue weighted by Crippen LogP contribution is -2.33. The molecule has 1 saturated heterocycles. The highest BCUT2D eigenvalue weighted by Crippen LogP contribution is 2.16. The minimum absolute atomic E-state index is 0.622. The second-order valence-electron chi connectivity index (χ2n) is 3.12. The van der Waals surface area contributed by atoms with Gasteiger partial charge in [-0.05, 0) is 18.6 Å². The number of thioether (sulfide) groups is 1. The summed E-state index contributed by atoms with van der Waals surface area (Å²) in [5, 5.41) is 17.1. The van der Waals surface area contributed by atoms with Crippen LogP contribution in [-0.4, -0.2) is 38.2 Å². The van der Waals surface area contributed by atoms with E-state index in [1.54, 1.807) is 0 Å². The summed E-state index contributed by atoms with van der Waals surface area (Å²) in [5.74, 6) is 3.26. The third-order valence-corrected chi connectivity index (χ3v) is 3.31. The second kappa shape index (κ2) is 4.57. The molecule has 0 aliphatic carbocycles. The fourth-order valence-electron chi connectivity index (χ4n) is 1.39. The van der Waals surface area contributed by atoms with Crippen LogP contribution >= 0.6 is 11.8 Å². The summed E-state index contributed by atoms with van der Waals surface area (Å²) < 4.78 is 0. The normalized spacial score (nSPS) is 23.2. The third-order valence-electron chi connectivity index (χ3n) is 2.10. The van der Waals surface area contributed by atoms with Crippen LogP contribution in [0.5, 0.6) is 0 Å². The zero-order chi connectivity index (χ0) is 8.93. The Hall–Kier alpha value is -0.620. The Bertz CT molecular complexity index is 231. The van der Waals surface area contributed by atoms with Crippen molar-refractivity contribution in [1.82, 2.24) is 25.9 Å². The number of nitrogens with one attached hydrogen (secondary N) is 2. The zero-order valence-corrected chi connectivity index (χ0v) is 8.18. The zero-order valence-electron chi connectivity index (χ0n) is 7.36. The van der Waals surface area contributed by atoms with Gasteiger partial charge in [-0.3, -0.25) is 0 Å². The third kappa shape index (κ3) is 2.67. The van der Waals surface area contributed by atoms with E-state index < -0.39 is 0 Å². The number of aromatic amines is 1. The van der Waals surface area contributed by atoms with Crippen LogP contribution in [0.25, 0.3) is 0 Å². The van der Waals surface area contributed by atoms with Gasteiger partial charge in [0.1, 0.15) is 0 Å². The van der Waals surface area contributed by atoms with Crippen molar-refractivity contribution in [2.24, 2.45) is 0 Å². The van der Waals surface area contributed by atoms with Gasteiger partial charge in [0.15, 0.2) is 5.82 Å². The van der Waals surface area contributed by atoms with Gasteiger partial charge in [0.2, 0.25) is 0 Å². The maximum atomic E-state index is 3.88. The van der Waals surface area contributed by atoms with Gasteiger partial charge in [0.05, 0.1) is 6.54 Å². The summed E-state index contributed by atoms with van der Waals surface area (Å²) in [5.41, 5.74) is 0. The SMILES string of the molecule is C1CSCC(NCc2nn[nH]n2)C1. The molecule has 1 aliphatic heterocycles. The number of hydrogen-bond acceptors (Lipinski definition) is 5. The van der Waals surface area contributed by atoms with Crippen molar-refractivity contribution >= 4 is 11.8 Å². The predicted octanol–water partition coefficient (Wildman–Crippen LogP) is 0.185. The highest BCUT2D eigenvalue weighted by molar-refractivity contribution is 7.99. The molecule has 1 aromatic rings. The van der Waals surface area contributed by atoms with Crippen molar-refractivity contribution in [3.8, 4) is 0 Å². The summed E-state index contributed by atoms with van der Waals surface area (Å²) >= 11 is 2.01. The van der Waals surface area contributed by atoms with Crippen molar-refractivity contribution in [3.63, 3.8) is 0 Å². The first-order valence-corrected chi connectivity index (χ1v) is 5.64. The Labute approximate surface area is 81.1 Å². The van der Waals surface area contributed by atoms with Crippen LogP contribution in [0.1, 0.15) is 18.7 Å². The standard InChI is InChI=1S/C7H13N5S/c1-2-6(5-13-3-1)8-4-7-9-11-12-10-7/h6,8H,1-5H2,(H,9,10,11,12). The summed E-state index contributed by atoms with van der Waals surface area (Å²) in [4.78, 5) is 0. The van der Waals surface area contributed by atoms with Crippen LogP contribution in [0.4, 0.5) is 0 Å². The van der Waals surface area contributed by atoms with Crippen LogP contribution in [0, 0.1) is 0 Å². The molecule has 2 N–H and O–H groups in total. The van der Waals surface area contributed by atoms with Crippen molar-refractivity contribution in [2.45, 2.75) is 25.4 Å². The van der Waals surface area contributed by atoms with E-state index in [4.69, 9.17) is 0 Å². The van der Waals surface area contributed by atoms with Gasteiger partial charge in [0.25, 0.3) is 0 Å². The van der Waals surface area contributed by atoms with Crippen LogP contribution in [0.2, 0.25) is 0 Å². The van der Waals surface area contributed by atoms with Gasteiger partial charge in [-0.15, -0.1) is 10.2 Å². The van der Waals surface area contributed by atoms with Gasteiger partial charge in [-0.25, -0.2) is 0 Å². The summed E-state index contributed by atoms with van der Waals surface area (Å²) in [6.45, 7) is 0.724. The Balaban J connectivity index is 1.72. The lowest BCUT2D eigenvalue weighted by molar-refractivity contribution is 0.499. The fraction of sp³-hybridized carbons (Fsp3) is 0.857.